The summed E-state index contributed by atoms with van der Waals surface area (Å²) in [7, 11) is 0. The third-order valence-electron chi connectivity index (χ3n) is 1.45. The first-order chi connectivity index (χ1) is 4.53. The van der Waals surface area contributed by atoms with Crippen LogP contribution in [0.1, 0.15) is 19.8 Å². The Labute approximate surface area is 63.3 Å². The summed E-state index contributed by atoms with van der Waals surface area (Å²) in [5.74, 6) is -0.943. The Kier molecular flexibility index (Phi) is 1.68. The van der Waals surface area contributed by atoms with Crippen LogP contribution in [0.2, 0.25) is 0 Å². The van der Waals surface area contributed by atoms with Gasteiger partial charge in [0, 0.05) is 0 Å². The van der Waals surface area contributed by atoms with E-state index in [1.165, 1.54) is 0 Å². The number of hydrogen-bond donors (Lipinski definition) is 0. The third kappa shape index (κ3) is 1.70. The normalized spacial score (nSPS) is 19.8. The zero-order valence-electron chi connectivity index (χ0n) is 5.52. The average Bonchev–Trinajstić information content (AvgIpc) is 2.47. The van der Waals surface area contributed by atoms with Crippen LogP contribution in [0, 0.1) is 0 Å². The second kappa shape index (κ2) is 2.23. The summed E-state index contributed by atoms with van der Waals surface area (Å²) in [4.78, 5) is 20.6. The Morgan fingerprint density at radius 1 is 1.50 bits per heavy atom. The number of hydrogen-bond acceptors (Lipinski definition) is 3. The van der Waals surface area contributed by atoms with Gasteiger partial charge < -0.3 is 4.74 Å². The average molecular weight is 163 g/mol. The van der Waals surface area contributed by atoms with Gasteiger partial charge in [-0.05, 0) is 31.4 Å². The molecule has 0 amide bonds. The molecule has 1 fully saturated rings. The van der Waals surface area contributed by atoms with Crippen molar-refractivity contribution in [3.63, 3.8) is 0 Å². The lowest BCUT2D eigenvalue weighted by molar-refractivity contribution is -0.155. The van der Waals surface area contributed by atoms with Crippen molar-refractivity contribution in [3.8, 4) is 0 Å². The van der Waals surface area contributed by atoms with Gasteiger partial charge in [-0.15, -0.1) is 0 Å². The van der Waals surface area contributed by atoms with Crippen LogP contribution in [0.15, 0.2) is 0 Å². The number of halogens is 1. The molecule has 0 N–H and O–H groups in total. The maximum absolute atomic E-state index is 10.5. The SMILES string of the molecule is CC1(OC(=O)C(=O)Cl)CC1. The highest BCUT2D eigenvalue weighted by Crippen LogP contribution is 2.38. The van der Waals surface area contributed by atoms with Crippen molar-refractivity contribution in [1.82, 2.24) is 0 Å². The van der Waals surface area contributed by atoms with Gasteiger partial charge in [0.05, 0.1) is 0 Å². The van der Waals surface area contributed by atoms with Crippen LogP contribution >= 0.6 is 11.6 Å². The molecule has 0 atom stereocenters. The highest BCUT2D eigenvalue weighted by atomic mass is 35.5. The molecule has 10 heavy (non-hydrogen) atoms. The van der Waals surface area contributed by atoms with Crippen LogP contribution in [-0.2, 0) is 14.3 Å². The molecule has 0 aromatic carbocycles. The highest BCUT2D eigenvalue weighted by molar-refractivity contribution is 6.80. The molecule has 0 aromatic rings. The summed E-state index contributed by atoms with van der Waals surface area (Å²) in [5.41, 5.74) is -0.401. The van der Waals surface area contributed by atoms with E-state index in [1.54, 1.807) is 6.92 Å². The number of carbonyl (C=O) groups is 2. The minimum atomic E-state index is -1.05. The summed E-state index contributed by atoms with van der Waals surface area (Å²) in [6, 6.07) is 0. The molecule has 0 saturated heterocycles. The predicted octanol–water partition coefficient (Wildman–Crippen LogP) is 0.847. The topological polar surface area (TPSA) is 43.4 Å². The zero-order chi connectivity index (χ0) is 7.78. The van der Waals surface area contributed by atoms with E-state index in [9.17, 15) is 9.59 Å². The second-order valence-electron chi connectivity index (χ2n) is 2.61. The molecule has 0 radical (unpaired) electrons. The zero-order valence-corrected chi connectivity index (χ0v) is 6.27. The van der Waals surface area contributed by atoms with E-state index in [0.717, 1.165) is 12.8 Å². The molecule has 56 valence electrons. The van der Waals surface area contributed by atoms with Gasteiger partial charge in [-0.25, -0.2) is 4.79 Å². The fourth-order valence-electron chi connectivity index (χ4n) is 0.542. The summed E-state index contributed by atoms with van der Waals surface area (Å²) in [5, 5.41) is -1.05. The van der Waals surface area contributed by atoms with Crippen molar-refractivity contribution in [1.29, 1.82) is 0 Å². The van der Waals surface area contributed by atoms with Gasteiger partial charge in [0.15, 0.2) is 0 Å². The number of rotatable bonds is 2. The molecule has 4 heteroatoms. The van der Waals surface area contributed by atoms with E-state index >= 15 is 0 Å². The molecule has 0 heterocycles. The van der Waals surface area contributed by atoms with Crippen LogP contribution in [0.5, 0.6) is 0 Å². The van der Waals surface area contributed by atoms with Crippen molar-refractivity contribution in [2.75, 3.05) is 0 Å². The number of carbonyl (C=O) groups excluding carboxylic acids is 2. The quantitative estimate of drug-likeness (QED) is 0.344. The molecule has 0 aliphatic heterocycles. The van der Waals surface area contributed by atoms with Gasteiger partial charge in [0.25, 0.3) is 0 Å². The van der Waals surface area contributed by atoms with Crippen LogP contribution in [0.25, 0.3) is 0 Å². The van der Waals surface area contributed by atoms with Gasteiger partial charge in [-0.3, -0.25) is 4.79 Å². The van der Waals surface area contributed by atoms with E-state index in [-0.39, 0.29) is 0 Å². The minimum Gasteiger partial charge on any atom is -0.453 e. The van der Waals surface area contributed by atoms with Gasteiger partial charge in [-0.1, -0.05) is 0 Å². The molecule has 1 aliphatic rings. The Morgan fingerprint density at radius 3 is 2.30 bits per heavy atom. The van der Waals surface area contributed by atoms with Crippen LogP contribution < -0.4 is 0 Å². The molecule has 1 aliphatic carbocycles. The van der Waals surface area contributed by atoms with Gasteiger partial charge in [0.1, 0.15) is 5.60 Å². The van der Waals surface area contributed by atoms with E-state index < -0.39 is 16.8 Å². The molecule has 0 spiro atoms. The molecule has 1 rings (SSSR count). The molecule has 0 unspecified atom stereocenters. The van der Waals surface area contributed by atoms with Gasteiger partial charge in [-0.2, -0.15) is 0 Å². The molecule has 0 aromatic heterocycles. The lowest BCUT2D eigenvalue weighted by atomic mass is 10.4. The summed E-state index contributed by atoms with van der Waals surface area (Å²) in [6.45, 7) is 1.77. The highest BCUT2D eigenvalue weighted by Gasteiger charge is 2.42. The van der Waals surface area contributed by atoms with Crippen molar-refractivity contribution in [2.45, 2.75) is 25.4 Å². The van der Waals surface area contributed by atoms with E-state index in [0.29, 0.717) is 0 Å². The van der Waals surface area contributed by atoms with Crippen molar-refractivity contribution >= 4 is 22.8 Å². The van der Waals surface area contributed by atoms with Crippen LogP contribution in [-0.4, -0.2) is 16.8 Å². The molecular weight excluding hydrogens is 156 g/mol. The minimum absolute atomic E-state index is 0.401. The third-order valence-corrected chi connectivity index (χ3v) is 1.61. The second-order valence-corrected chi connectivity index (χ2v) is 2.96. The van der Waals surface area contributed by atoms with Crippen LogP contribution in [0.3, 0.4) is 0 Å². The Morgan fingerprint density at radius 2 is 2.00 bits per heavy atom. The van der Waals surface area contributed by atoms with Gasteiger partial charge in [0.2, 0.25) is 0 Å². The standard InChI is InChI=1S/C6H7ClO3/c1-6(2-3-6)10-5(9)4(7)8/h2-3H2,1H3. The fourth-order valence-corrected chi connectivity index (χ4v) is 0.581. The number of ether oxygens (including phenoxy) is 1. The molecular formula is C6H7ClO3. The first-order valence-electron chi connectivity index (χ1n) is 2.96. The first-order valence-corrected chi connectivity index (χ1v) is 3.34. The van der Waals surface area contributed by atoms with Gasteiger partial charge >= 0.3 is 11.2 Å². The Balaban J connectivity index is 2.39. The number of esters is 1. The first kappa shape index (κ1) is 7.54. The smallest absolute Gasteiger partial charge is 0.391 e. The van der Waals surface area contributed by atoms with E-state index in [4.69, 9.17) is 11.6 Å². The largest absolute Gasteiger partial charge is 0.453 e. The van der Waals surface area contributed by atoms with Crippen LogP contribution in [0.4, 0.5) is 0 Å². The molecule has 3 nitrogen and oxygen atoms in total. The lowest BCUT2D eigenvalue weighted by Gasteiger charge is -2.06. The maximum Gasteiger partial charge on any atom is 0.391 e. The fraction of sp³-hybridized carbons (Fsp3) is 0.667. The van der Waals surface area contributed by atoms with Crippen molar-refractivity contribution in [2.24, 2.45) is 0 Å². The van der Waals surface area contributed by atoms with Crippen molar-refractivity contribution < 1.29 is 14.3 Å². The molecule has 1 saturated carbocycles. The Hall–Kier alpha value is -0.570. The van der Waals surface area contributed by atoms with Crippen molar-refractivity contribution in [3.05, 3.63) is 0 Å². The van der Waals surface area contributed by atoms with E-state index in [2.05, 4.69) is 4.74 Å². The predicted molar refractivity (Wildman–Crippen MR) is 34.6 cm³/mol. The lowest BCUT2D eigenvalue weighted by Crippen LogP contribution is -2.19. The summed E-state index contributed by atoms with van der Waals surface area (Å²) in [6.07, 6.45) is 1.64. The monoisotopic (exact) mass is 162 g/mol. The summed E-state index contributed by atoms with van der Waals surface area (Å²) < 4.78 is 4.69. The maximum atomic E-state index is 10.5. The Bertz CT molecular complexity index is 183. The van der Waals surface area contributed by atoms with E-state index in [1.807, 2.05) is 0 Å². The molecule has 0 bridgehead atoms. The summed E-state index contributed by atoms with van der Waals surface area (Å²) >= 11 is 4.85.